The molecule has 4 rings (SSSR count). The van der Waals surface area contributed by atoms with Crippen molar-refractivity contribution < 1.29 is 19.4 Å². The average Bonchev–Trinajstić information content (AvgIpc) is 3.24. The van der Waals surface area contributed by atoms with Gasteiger partial charge in [0.15, 0.2) is 5.78 Å². The predicted molar refractivity (Wildman–Crippen MR) is 110 cm³/mol. The number of carbonyl (C=O) groups excluding carboxylic acids is 2. The van der Waals surface area contributed by atoms with Crippen molar-refractivity contribution in [3.8, 4) is 0 Å². The smallest absolute Gasteiger partial charge is 0.306 e. The topological polar surface area (TPSA) is 63.6 Å². The van der Waals surface area contributed by atoms with Gasteiger partial charge < -0.3 is 9.84 Å². The van der Waals surface area contributed by atoms with Crippen molar-refractivity contribution in [1.82, 2.24) is 0 Å². The molecule has 2 aromatic rings. The van der Waals surface area contributed by atoms with Gasteiger partial charge in [-0.05, 0) is 42.9 Å². The van der Waals surface area contributed by atoms with Crippen LogP contribution >= 0.6 is 11.3 Å². The van der Waals surface area contributed by atoms with E-state index in [-0.39, 0.29) is 29.7 Å². The van der Waals surface area contributed by atoms with Crippen molar-refractivity contribution in [3.63, 3.8) is 0 Å². The molecule has 0 radical (unpaired) electrons. The molecule has 0 spiro atoms. The van der Waals surface area contributed by atoms with Crippen molar-refractivity contribution in [1.29, 1.82) is 0 Å². The van der Waals surface area contributed by atoms with E-state index in [1.165, 1.54) is 11.3 Å². The van der Waals surface area contributed by atoms with Gasteiger partial charge in [0.1, 0.15) is 6.10 Å². The highest BCUT2D eigenvalue weighted by molar-refractivity contribution is 7.20. The molecule has 146 valence electrons. The maximum atomic E-state index is 12.7. The van der Waals surface area contributed by atoms with E-state index < -0.39 is 6.10 Å². The standard InChI is InChI=1S/C23H24O4S/c24-18(22-13-15-7-5-6-9-21(15)28-22)12-11-16-17-8-3-1-2-4-10-23(26)27-20(17)14-19(16)25/h1,3,5-7,9,11-13,16-17,19-20,25H,2,4,8,10,14H2/b3-1-,12-11+/t16-,17-,19-,20+/m1/s1. The second kappa shape index (κ2) is 8.41. The van der Waals surface area contributed by atoms with Crippen LogP contribution in [0, 0.1) is 11.8 Å². The fourth-order valence-corrected chi connectivity index (χ4v) is 5.15. The summed E-state index contributed by atoms with van der Waals surface area (Å²) >= 11 is 1.48. The van der Waals surface area contributed by atoms with E-state index in [1.54, 1.807) is 6.08 Å². The van der Waals surface area contributed by atoms with Crippen LogP contribution in [0.2, 0.25) is 0 Å². The predicted octanol–water partition coefficient (Wildman–Crippen LogP) is 4.68. The number of aliphatic hydroxyl groups excluding tert-OH is 1. The second-order valence-electron chi connectivity index (χ2n) is 7.54. The summed E-state index contributed by atoms with van der Waals surface area (Å²) in [6.07, 6.45) is 9.94. The number of aliphatic hydroxyl groups is 1. The number of benzene rings is 1. The van der Waals surface area contributed by atoms with Crippen LogP contribution in [0.15, 0.2) is 54.6 Å². The zero-order valence-corrected chi connectivity index (χ0v) is 16.4. The van der Waals surface area contributed by atoms with Crippen molar-refractivity contribution in [3.05, 3.63) is 59.5 Å². The summed E-state index contributed by atoms with van der Waals surface area (Å²) in [5.41, 5.74) is 0. The molecule has 4 atom stereocenters. The molecule has 0 amide bonds. The first kappa shape index (κ1) is 19.1. The van der Waals surface area contributed by atoms with Crippen LogP contribution in [0.4, 0.5) is 0 Å². The Balaban J connectivity index is 1.52. The lowest BCUT2D eigenvalue weighted by atomic mass is 9.89. The molecule has 1 aliphatic carbocycles. The highest BCUT2D eigenvalue weighted by Crippen LogP contribution is 2.39. The Hall–Kier alpha value is -2.24. The molecule has 28 heavy (non-hydrogen) atoms. The minimum atomic E-state index is -0.608. The van der Waals surface area contributed by atoms with Gasteiger partial charge in [-0.2, -0.15) is 0 Å². The lowest BCUT2D eigenvalue weighted by Crippen LogP contribution is -2.25. The minimum Gasteiger partial charge on any atom is -0.462 e. The molecule has 0 unspecified atom stereocenters. The third-order valence-electron chi connectivity index (χ3n) is 5.64. The van der Waals surface area contributed by atoms with Crippen LogP contribution in [-0.4, -0.2) is 29.1 Å². The van der Waals surface area contributed by atoms with E-state index in [4.69, 9.17) is 4.74 Å². The van der Waals surface area contributed by atoms with Crippen LogP contribution < -0.4 is 0 Å². The molecule has 0 bridgehead atoms. The Kier molecular flexibility index (Phi) is 5.74. The molecule has 1 aromatic heterocycles. The summed E-state index contributed by atoms with van der Waals surface area (Å²) in [7, 11) is 0. The number of thiophene rings is 1. The van der Waals surface area contributed by atoms with Crippen LogP contribution in [0.3, 0.4) is 0 Å². The molecule has 5 heteroatoms. The van der Waals surface area contributed by atoms with Gasteiger partial charge in [-0.3, -0.25) is 9.59 Å². The second-order valence-corrected chi connectivity index (χ2v) is 8.63. The van der Waals surface area contributed by atoms with Crippen LogP contribution in [0.5, 0.6) is 0 Å². The Labute approximate surface area is 168 Å². The first-order chi connectivity index (χ1) is 13.6. The van der Waals surface area contributed by atoms with Gasteiger partial charge in [0.25, 0.3) is 0 Å². The van der Waals surface area contributed by atoms with Crippen LogP contribution in [0.1, 0.15) is 41.8 Å². The first-order valence-electron chi connectivity index (χ1n) is 9.85. The molecular weight excluding hydrogens is 372 g/mol. The Bertz CT molecular complexity index is 893. The summed E-state index contributed by atoms with van der Waals surface area (Å²) < 4.78 is 6.72. The van der Waals surface area contributed by atoms with Gasteiger partial charge in [-0.1, -0.05) is 36.4 Å². The van der Waals surface area contributed by atoms with Crippen LogP contribution in [0.25, 0.3) is 10.1 Å². The lowest BCUT2D eigenvalue weighted by molar-refractivity contribution is -0.151. The molecular formula is C23H24O4S. The third-order valence-corrected chi connectivity index (χ3v) is 6.77. The molecule has 1 aromatic carbocycles. The maximum Gasteiger partial charge on any atom is 0.306 e. The third kappa shape index (κ3) is 4.10. The molecule has 2 heterocycles. The Morgan fingerprint density at radius 1 is 1.25 bits per heavy atom. The van der Waals surface area contributed by atoms with E-state index in [0.29, 0.717) is 17.7 Å². The van der Waals surface area contributed by atoms with Crippen molar-refractivity contribution in [2.45, 2.75) is 44.3 Å². The van der Waals surface area contributed by atoms with Crippen molar-refractivity contribution >= 4 is 33.2 Å². The van der Waals surface area contributed by atoms with E-state index in [1.807, 2.05) is 36.4 Å². The number of fused-ring (bicyclic) bond motifs is 2. The number of esters is 1. The van der Waals surface area contributed by atoms with Gasteiger partial charge in [0.05, 0.1) is 11.0 Å². The summed E-state index contributed by atoms with van der Waals surface area (Å²) in [5, 5.41) is 11.6. The summed E-state index contributed by atoms with van der Waals surface area (Å²) in [6, 6.07) is 9.84. The zero-order chi connectivity index (χ0) is 19.5. The number of ketones is 1. The lowest BCUT2D eigenvalue weighted by Gasteiger charge is -2.23. The highest BCUT2D eigenvalue weighted by Gasteiger charge is 2.42. The minimum absolute atomic E-state index is 0.000224. The van der Waals surface area contributed by atoms with E-state index in [2.05, 4.69) is 12.2 Å². The van der Waals surface area contributed by atoms with Crippen LogP contribution in [-0.2, 0) is 9.53 Å². The number of hydrogen-bond acceptors (Lipinski definition) is 5. The molecule has 1 aliphatic heterocycles. The number of rotatable bonds is 3. The number of carbonyl (C=O) groups is 2. The highest BCUT2D eigenvalue weighted by atomic mass is 32.1. The summed E-state index contributed by atoms with van der Waals surface area (Å²) in [5.74, 6) is -0.437. The monoisotopic (exact) mass is 396 g/mol. The van der Waals surface area contributed by atoms with E-state index >= 15 is 0 Å². The number of ether oxygens (including phenoxy) is 1. The maximum absolute atomic E-state index is 12.7. The fourth-order valence-electron chi connectivity index (χ4n) is 4.17. The van der Waals surface area contributed by atoms with Gasteiger partial charge in [0, 0.05) is 29.4 Å². The molecule has 1 N–H and O–H groups in total. The fraction of sp³-hybridized carbons (Fsp3) is 0.391. The van der Waals surface area contributed by atoms with E-state index in [9.17, 15) is 14.7 Å². The first-order valence-corrected chi connectivity index (χ1v) is 10.7. The van der Waals surface area contributed by atoms with E-state index in [0.717, 1.165) is 29.3 Å². The molecule has 1 fully saturated rings. The molecule has 1 saturated carbocycles. The normalized spacial score (nSPS) is 29.5. The number of allylic oxidation sites excluding steroid dienone is 3. The Morgan fingerprint density at radius 3 is 2.96 bits per heavy atom. The molecule has 0 saturated heterocycles. The van der Waals surface area contributed by atoms with Gasteiger partial charge in [-0.15, -0.1) is 11.3 Å². The van der Waals surface area contributed by atoms with Crippen molar-refractivity contribution in [2.75, 3.05) is 0 Å². The Morgan fingerprint density at radius 2 is 2.11 bits per heavy atom. The quantitative estimate of drug-likeness (QED) is 0.354. The summed E-state index contributed by atoms with van der Waals surface area (Å²) in [6.45, 7) is 0. The summed E-state index contributed by atoms with van der Waals surface area (Å²) in [4.78, 5) is 25.3. The van der Waals surface area contributed by atoms with Gasteiger partial charge in [-0.25, -0.2) is 0 Å². The SMILES string of the molecule is O=C1CCC/C=C\C[C@@H]2[C@@H](/C=C/C(=O)c3cc4ccccc4s3)[C@H](O)C[C@@H]2O1. The van der Waals surface area contributed by atoms with Gasteiger partial charge in [0.2, 0.25) is 0 Å². The average molecular weight is 397 g/mol. The van der Waals surface area contributed by atoms with Gasteiger partial charge >= 0.3 is 5.97 Å². The molecule has 2 aliphatic rings. The number of hydrogen-bond donors (Lipinski definition) is 1. The zero-order valence-electron chi connectivity index (χ0n) is 15.6. The molecule has 4 nitrogen and oxygen atoms in total. The van der Waals surface area contributed by atoms with Crippen molar-refractivity contribution in [2.24, 2.45) is 11.8 Å². The largest absolute Gasteiger partial charge is 0.462 e.